The Morgan fingerprint density at radius 1 is 1.29 bits per heavy atom. The number of aromatic nitrogens is 2. The van der Waals surface area contributed by atoms with Crippen LogP contribution in [-0.4, -0.2) is 52.5 Å². The number of imidazole rings is 1. The third kappa shape index (κ3) is 4.14. The van der Waals surface area contributed by atoms with E-state index in [0.717, 1.165) is 36.5 Å². The molecule has 1 aromatic carbocycles. The third-order valence-corrected chi connectivity index (χ3v) is 4.39. The minimum absolute atomic E-state index is 0.331. The monoisotopic (exact) mass is 331 g/mol. The highest BCUT2D eigenvalue weighted by Crippen LogP contribution is 2.17. The highest BCUT2D eigenvalue weighted by molar-refractivity contribution is 5.26. The van der Waals surface area contributed by atoms with E-state index >= 15 is 0 Å². The summed E-state index contributed by atoms with van der Waals surface area (Å²) >= 11 is 0. The quantitative estimate of drug-likeness (QED) is 0.830. The molecule has 0 saturated heterocycles. The van der Waals surface area contributed by atoms with Crippen molar-refractivity contribution in [3.05, 3.63) is 47.5 Å². The van der Waals surface area contributed by atoms with Gasteiger partial charge in [0.05, 0.1) is 38.4 Å². The molecule has 6 heteroatoms. The number of nitrogens with zero attached hydrogens (tertiary/aromatic N) is 3. The fourth-order valence-electron chi connectivity index (χ4n) is 3.05. The van der Waals surface area contributed by atoms with Gasteiger partial charge < -0.3 is 19.1 Å². The van der Waals surface area contributed by atoms with Crippen molar-refractivity contribution in [3.63, 3.8) is 0 Å². The molecule has 0 bridgehead atoms. The molecule has 0 unspecified atom stereocenters. The van der Waals surface area contributed by atoms with E-state index in [0.29, 0.717) is 19.8 Å². The maximum Gasteiger partial charge on any atom is 0.118 e. The zero-order valence-corrected chi connectivity index (χ0v) is 14.3. The van der Waals surface area contributed by atoms with Gasteiger partial charge in [-0.2, -0.15) is 0 Å². The molecule has 0 fully saturated rings. The SMILES string of the molecule is COc1ccc(COC[C@@H](O)CN2CCc3c(ncn3C)C2)cc1. The van der Waals surface area contributed by atoms with Gasteiger partial charge in [-0.3, -0.25) is 4.90 Å². The number of ether oxygens (including phenoxy) is 2. The van der Waals surface area contributed by atoms with Crippen molar-refractivity contribution >= 4 is 0 Å². The standard InChI is InChI=1S/C18H25N3O3/c1-20-13-19-17-10-21(8-7-18(17)20)9-15(22)12-24-11-14-3-5-16(23-2)6-4-14/h3-6,13,15,22H,7-12H2,1-2H3/t15-/m0/s1. The van der Waals surface area contributed by atoms with Gasteiger partial charge in [-0.05, 0) is 17.7 Å². The largest absolute Gasteiger partial charge is 0.497 e. The van der Waals surface area contributed by atoms with Crippen LogP contribution in [0.4, 0.5) is 0 Å². The van der Waals surface area contributed by atoms with Crippen molar-refractivity contribution in [3.8, 4) is 5.75 Å². The second-order valence-electron chi connectivity index (χ2n) is 6.25. The molecule has 2 aromatic rings. The van der Waals surface area contributed by atoms with Crippen molar-refractivity contribution in [2.24, 2.45) is 7.05 Å². The molecule has 0 radical (unpaired) electrons. The number of hydrogen-bond acceptors (Lipinski definition) is 5. The van der Waals surface area contributed by atoms with Gasteiger partial charge in [-0.1, -0.05) is 12.1 Å². The third-order valence-electron chi connectivity index (χ3n) is 4.39. The van der Waals surface area contributed by atoms with Gasteiger partial charge in [-0.25, -0.2) is 4.98 Å². The Hall–Kier alpha value is -1.89. The first kappa shape index (κ1) is 17.0. The minimum atomic E-state index is -0.492. The van der Waals surface area contributed by atoms with E-state index in [1.54, 1.807) is 7.11 Å². The van der Waals surface area contributed by atoms with Crippen LogP contribution in [-0.2, 0) is 31.4 Å². The molecule has 1 atom stereocenters. The van der Waals surface area contributed by atoms with Crippen LogP contribution in [0.15, 0.2) is 30.6 Å². The number of aliphatic hydroxyl groups excluding tert-OH is 1. The second kappa shape index (κ2) is 7.79. The Morgan fingerprint density at radius 2 is 2.08 bits per heavy atom. The summed E-state index contributed by atoms with van der Waals surface area (Å²) in [6, 6.07) is 7.76. The number of β-amino-alcohol motifs (C(OH)–C–C–N with tert-alkyl or cyclic N) is 1. The fraction of sp³-hybridized carbons (Fsp3) is 0.500. The van der Waals surface area contributed by atoms with E-state index in [2.05, 4.69) is 14.5 Å². The molecule has 1 aliphatic rings. The molecule has 1 aromatic heterocycles. The molecule has 3 rings (SSSR count). The van der Waals surface area contributed by atoms with Crippen molar-refractivity contribution in [2.75, 3.05) is 26.8 Å². The van der Waals surface area contributed by atoms with Crippen LogP contribution in [0.1, 0.15) is 17.0 Å². The normalized spacial score (nSPS) is 16.0. The van der Waals surface area contributed by atoms with Crippen LogP contribution in [0, 0.1) is 0 Å². The van der Waals surface area contributed by atoms with Gasteiger partial charge in [0.1, 0.15) is 5.75 Å². The van der Waals surface area contributed by atoms with Gasteiger partial charge in [0.15, 0.2) is 0 Å². The zero-order valence-electron chi connectivity index (χ0n) is 14.3. The number of rotatable bonds is 7. The van der Waals surface area contributed by atoms with E-state index < -0.39 is 6.10 Å². The first-order valence-corrected chi connectivity index (χ1v) is 8.26. The maximum absolute atomic E-state index is 10.2. The number of aliphatic hydroxyl groups is 1. The molecular formula is C18H25N3O3. The van der Waals surface area contributed by atoms with Gasteiger partial charge in [0, 0.05) is 38.8 Å². The Morgan fingerprint density at radius 3 is 2.83 bits per heavy atom. The topological polar surface area (TPSA) is 59.8 Å². The molecule has 24 heavy (non-hydrogen) atoms. The van der Waals surface area contributed by atoms with E-state index in [1.807, 2.05) is 37.6 Å². The van der Waals surface area contributed by atoms with Crippen LogP contribution < -0.4 is 4.74 Å². The molecule has 0 amide bonds. The second-order valence-corrected chi connectivity index (χ2v) is 6.25. The lowest BCUT2D eigenvalue weighted by molar-refractivity contribution is 0.00743. The summed E-state index contributed by atoms with van der Waals surface area (Å²) < 4.78 is 12.8. The van der Waals surface area contributed by atoms with E-state index in [-0.39, 0.29) is 0 Å². The highest BCUT2D eigenvalue weighted by Gasteiger charge is 2.21. The summed E-state index contributed by atoms with van der Waals surface area (Å²) in [7, 11) is 3.68. The number of aryl methyl sites for hydroxylation is 1. The first-order chi connectivity index (χ1) is 11.7. The molecule has 0 aliphatic carbocycles. The molecule has 130 valence electrons. The summed E-state index contributed by atoms with van der Waals surface area (Å²) in [5, 5.41) is 10.2. The van der Waals surface area contributed by atoms with Crippen molar-refractivity contribution in [1.29, 1.82) is 0 Å². The summed E-state index contributed by atoms with van der Waals surface area (Å²) in [5.74, 6) is 0.831. The predicted molar refractivity (Wildman–Crippen MR) is 90.8 cm³/mol. The molecule has 2 heterocycles. The van der Waals surface area contributed by atoms with Crippen LogP contribution in [0.3, 0.4) is 0 Å². The van der Waals surface area contributed by atoms with Crippen LogP contribution in [0.2, 0.25) is 0 Å². The average molecular weight is 331 g/mol. The number of hydrogen-bond donors (Lipinski definition) is 1. The Balaban J connectivity index is 1.40. The summed E-state index contributed by atoms with van der Waals surface area (Å²) in [6.07, 6.45) is 2.35. The maximum atomic E-state index is 10.2. The molecular weight excluding hydrogens is 306 g/mol. The summed E-state index contributed by atoms with van der Waals surface area (Å²) in [6.45, 7) is 3.18. The highest BCUT2D eigenvalue weighted by atomic mass is 16.5. The van der Waals surface area contributed by atoms with Crippen LogP contribution in [0.5, 0.6) is 5.75 Å². The van der Waals surface area contributed by atoms with E-state index in [9.17, 15) is 5.11 Å². The number of methoxy groups -OCH3 is 1. The average Bonchev–Trinajstić information content (AvgIpc) is 2.96. The Labute approximate surface area is 142 Å². The molecule has 0 saturated carbocycles. The van der Waals surface area contributed by atoms with E-state index in [1.165, 1.54) is 5.69 Å². The van der Waals surface area contributed by atoms with Crippen molar-refractivity contribution < 1.29 is 14.6 Å². The smallest absolute Gasteiger partial charge is 0.118 e. The van der Waals surface area contributed by atoms with Crippen LogP contribution in [0.25, 0.3) is 0 Å². The molecule has 1 N–H and O–H groups in total. The zero-order chi connectivity index (χ0) is 16.9. The van der Waals surface area contributed by atoms with Gasteiger partial charge in [-0.15, -0.1) is 0 Å². The lowest BCUT2D eigenvalue weighted by atomic mass is 10.1. The number of fused-ring (bicyclic) bond motifs is 1. The molecule has 1 aliphatic heterocycles. The van der Waals surface area contributed by atoms with Crippen molar-refractivity contribution in [1.82, 2.24) is 14.5 Å². The Bertz CT molecular complexity index is 654. The van der Waals surface area contributed by atoms with Gasteiger partial charge in [0.2, 0.25) is 0 Å². The summed E-state index contributed by atoms with van der Waals surface area (Å²) in [5.41, 5.74) is 3.49. The minimum Gasteiger partial charge on any atom is -0.497 e. The predicted octanol–water partition coefficient (Wildman–Crippen LogP) is 1.36. The van der Waals surface area contributed by atoms with Crippen LogP contribution >= 0.6 is 0 Å². The lowest BCUT2D eigenvalue weighted by Gasteiger charge is -2.28. The first-order valence-electron chi connectivity index (χ1n) is 8.26. The Kier molecular flexibility index (Phi) is 5.50. The van der Waals surface area contributed by atoms with Gasteiger partial charge >= 0.3 is 0 Å². The molecule has 0 spiro atoms. The number of benzene rings is 1. The van der Waals surface area contributed by atoms with E-state index in [4.69, 9.17) is 9.47 Å². The lowest BCUT2D eigenvalue weighted by Crippen LogP contribution is -2.38. The molecule has 6 nitrogen and oxygen atoms in total. The van der Waals surface area contributed by atoms with Gasteiger partial charge in [0.25, 0.3) is 0 Å². The summed E-state index contributed by atoms with van der Waals surface area (Å²) in [4.78, 5) is 6.66. The van der Waals surface area contributed by atoms with Crippen molar-refractivity contribution in [2.45, 2.75) is 25.7 Å². The fourth-order valence-corrected chi connectivity index (χ4v) is 3.05.